The number of hydrogen-bond donors (Lipinski definition) is 1. The van der Waals surface area contributed by atoms with Gasteiger partial charge in [0.2, 0.25) is 11.3 Å². The van der Waals surface area contributed by atoms with Crippen molar-refractivity contribution in [3.63, 3.8) is 0 Å². The molecular weight excluding hydrogens is 318 g/mol. The smallest absolute Gasteiger partial charge is 0.226 e. The first-order valence-corrected chi connectivity index (χ1v) is 8.15. The summed E-state index contributed by atoms with van der Waals surface area (Å²) in [7, 11) is 0. The number of aryl methyl sites for hydroxylation is 1. The lowest BCUT2D eigenvalue weighted by molar-refractivity contribution is -0.116. The molecule has 1 N–H and O–H groups in total. The van der Waals surface area contributed by atoms with Gasteiger partial charge in [-0.05, 0) is 43.3 Å². The molecule has 6 nitrogen and oxygen atoms in total. The number of amides is 1. The highest BCUT2D eigenvalue weighted by Gasteiger charge is 2.07. The number of ether oxygens (including phenoxy) is 1. The summed E-state index contributed by atoms with van der Waals surface area (Å²) < 4.78 is 7.05. The first-order valence-electron chi connectivity index (χ1n) is 8.15. The summed E-state index contributed by atoms with van der Waals surface area (Å²) in [6.45, 7) is 2.92. The fraction of sp³-hybridized carbons (Fsp3) is 0.211. The lowest BCUT2D eigenvalue weighted by atomic mass is 10.2. The Morgan fingerprint density at radius 2 is 1.92 bits per heavy atom. The summed E-state index contributed by atoms with van der Waals surface area (Å²) in [5, 5.41) is 7.57. The maximum atomic E-state index is 12.2. The van der Waals surface area contributed by atoms with Crippen molar-refractivity contribution < 1.29 is 9.53 Å². The maximum Gasteiger partial charge on any atom is 0.226 e. The van der Waals surface area contributed by atoms with E-state index in [4.69, 9.17) is 4.74 Å². The summed E-state index contributed by atoms with van der Waals surface area (Å²) >= 11 is 0. The van der Waals surface area contributed by atoms with Gasteiger partial charge in [-0.25, -0.2) is 0 Å². The molecule has 0 saturated carbocycles. The highest BCUT2D eigenvalue weighted by Crippen LogP contribution is 2.16. The lowest BCUT2D eigenvalue weighted by Gasteiger charge is -2.10. The minimum atomic E-state index is -0.120. The van der Waals surface area contributed by atoms with Crippen LogP contribution in [0.25, 0.3) is 10.9 Å². The number of hydrogen-bond acceptors (Lipinski definition) is 4. The zero-order valence-corrected chi connectivity index (χ0v) is 13.9. The summed E-state index contributed by atoms with van der Waals surface area (Å²) in [5.41, 5.74) is 1.32. The van der Waals surface area contributed by atoms with Gasteiger partial charge in [0, 0.05) is 17.5 Å². The Balaban J connectivity index is 1.65. The van der Waals surface area contributed by atoms with Gasteiger partial charge in [0.15, 0.2) is 0 Å². The Bertz CT molecular complexity index is 933. The quantitative estimate of drug-likeness (QED) is 0.751. The molecule has 3 rings (SSSR count). The fourth-order valence-electron chi connectivity index (χ4n) is 2.57. The van der Waals surface area contributed by atoms with Gasteiger partial charge in [-0.15, -0.1) is 0 Å². The Morgan fingerprint density at radius 1 is 1.16 bits per heavy atom. The summed E-state index contributed by atoms with van der Waals surface area (Å²) in [6, 6.07) is 14.5. The van der Waals surface area contributed by atoms with Crippen LogP contribution in [0.1, 0.15) is 13.3 Å². The Kier molecular flexibility index (Phi) is 5.09. The molecule has 0 saturated heterocycles. The van der Waals surface area contributed by atoms with Gasteiger partial charge in [0.1, 0.15) is 5.75 Å². The zero-order valence-electron chi connectivity index (χ0n) is 13.9. The minimum absolute atomic E-state index is 0.117. The molecule has 0 radical (unpaired) electrons. The molecule has 6 heteroatoms. The van der Waals surface area contributed by atoms with Crippen molar-refractivity contribution in [3.8, 4) is 5.75 Å². The molecular formula is C19H19N3O3. The van der Waals surface area contributed by atoms with Crippen molar-refractivity contribution in [2.45, 2.75) is 19.9 Å². The van der Waals surface area contributed by atoms with Crippen molar-refractivity contribution in [2.24, 2.45) is 0 Å². The zero-order chi connectivity index (χ0) is 17.6. The molecule has 0 aliphatic carbocycles. The van der Waals surface area contributed by atoms with Gasteiger partial charge < -0.3 is 10.1 Å². The number of aromatic nitrogens is 2. The second-order valence-corrected chi connectivity index (χ2v) is 5.50. The molecule has 0 spiro atoms. The van der Waals surface area contributed by atoms with E-state index in [2.05, 4.69) is 10.4 Å². The first kappa shape index (κ1) is 16.7. The molecule has 3 aromatic rings. The van der Waals surface area contributed by atoms with Gasteiger partial charge in [-0.3, -0.25) is 14.3 Å². The minimum Gasteiger partial charge on any atom is -0.494 e. The average molecular weight is 337 g/mol. The molecule has 0 atom stereocenters. The van der Waals surface area contributed by atoms with Crippen molar-refractivity contribution >= 4 is 22.5 Å². The highest BCUT2D eigenvalue weighted by atomic mass is 16.5. The van der Waals surface area contributed by atoms with E-state index in [-0.39, 0.29) is 17.8 Å². The molecule has 1 aromatic heterocycles. The molecule has 1 heterocycles. The molecule has 0 bridgehead atoms. The van der Waals surface area contributed by atoms with E-state index in [9.17, 15) is 9.59 Å². The topological polar surface area (TPSA) is 73.2 Å². The molecule has 2 aromatic carbocycles. The van der Waals surface area contributed by atoms with Gasteiger partial charge in [-0.1, -0.05) is 12.1 Å². The Hall–Kier alpha value is -3.15. The van der Waals surface area contributed by atoms with E-state index < -0.39 is 0 Å². The van der Waals surface area contributed by atoms with E-state index >= 15 is 0 Å². The van der Waals surface area contributed by atoms with Crippen molar-refractivity contribution in [1.82, 2.24) is 9.78 Å². The third-order valence-electron chi connectivity index (χ3n) is 3.76. The van der Waals surface area contributed by atoms with Crippen LogP contribution in [0.15, 0.2) is 59.5 Å². The molecule has 0 aliphatic heterocycles. The maximum absolute atomic E-state index is 12.2. The molecule has 0 fully saturated rings. The van der Waals surface area contributed by atoms with E-state index in [1.54, 1.807) is 22.9 Å². The van der Waals surface area contributed by atoms with Crippen molar-refractivity contribution in [1.29, 1.82) is 0 Å². The van der Waals surface area contributed by atoms with Crippen LogP contribution in [0.2, 0.25) is 0 Å². The highest BCUT2D eigenvalue weighted by molar-refractivity contribution is 5.90. The number of nitrogens with zero attached hydrogens (tertiary/aromatic N) is 2. The number of carbonyl (C=O) groups excluding carboxylic acids is 1. The van der Waals surface area contributed by atoms with Crippen LogP contribution in [-0.4, -0.2) is 22.3 Å². The molecule has 0 unspecified atom stereocenters. The van der Waals surface area contributed by atoms with Crippen LogP contribution in [0.4, 0.5) is 5.69 Å². The van der Waals surface area contributed by atoms with Gasteiger partial charge in [0.25, 0.3) is 0 Å². The average Bonchev–Trinajstić information content (AvgIpc) is 2.63. The number of anilines is 1. The summed E-state index contributed by atoms with van der Waals surface area (Å²) in [5.74, 6) is 0.651. The second-order valence-electron chi connectivity index (χ2n) is 5.50. The fourth-order valence-corrected chi connectivity index (χ4v) is 2.57. The molecule has 128 valence electrons. The number of para-hydroxylation sites is 1. The van der Waals surface area contributed by atoms with Crippen LogP contribution in [-0.2, 0) is 11.3 Å². The normalized spacial score (nSPS) is 10.6. The lowest BCUT2D eigenvalue weighted by Crippen LogP contribution is -2.18. The van der Waals surface area contributed by atoms with Crippen LogP contribution in [0, 0.1) is 0 Å². The van der Waals surface area contributed by atoms with Crippen LogP contribution >= 0.6 is 0 Å². The van der Waals surface area contributed by atoms with Crippen LogP contribution in [0.5, 0.6) is 5.75 Å². The van der Waals surface area contributed by atoms with E-state index in [1.165, 1.54) is 6.20 Å². The SMILES string of the molecule is CCOc1ccc(NC(=O)CCn2ncc(=O)c3ccccc32)cc1. The second kappa shape index (κ2) is 7.61. The van der Waals surface area contributed by atoms with E-state index in [0.29, 0.717) is 24.2 Å². The summed E-state index contributed by atoms with van der Waals surface area (Å²) in [6.07, 6.45) is 1.54. The Labute approximate surface area is 145 Å². The van der Waals surface area contributed by atoms with Crippen molar-refractivity contribution in [2.75, 3.05) is 11.9 Å². The van der Waals surface area contributed by atoms with Crippen molar-refractivity contribution in [3.05, 3.63) is 65.0 Å². The van der Waals surface area contributed by atoms with Crippen LogP contribution in [0.3, 0.4) is 0 Å². The monoisotopic (exact) mass is 337 g/mol. The number of carbonyl (C=O) groups is 1. The first-order chi connectivity index (χ1) is 12.2. The number of rotatable bonds is 6. The largest absolute Gasteiger partial charge is 0.494 e. The van der Waals surface area contributed by atoms with E-state index in [1.807, 2.05) is 37.3 Å². The number of nitrogens with one attached hydrogen (secondary N) is 1. The molecule has 1 amide bonds. The number of benzene rings is 2. The predicted molar refractivity (Wildman–Crippen MR) is 96.9 cm³/mol. The predicted octanol–water partition coefficient (Wildman–Crippen LogP) is 2.82. The Morgan fingerprint density at radius 3 is 2.68 bits per heavy atom. The third kappa shape index (κ3) is 4.03. The summed E-state index contributed by atoms with van der Waals surface area (Å²) in [4.78, 5) is 24.0. The number of fused-ring (bicyclic) bond motifs is 1. The van der Waals surface area contributed by atoms with E-state index in [0.717, 1.165) is 11.3 Å². The molecule has 25 heavy (non-hydrogen) atoms. The van der Waals surface area contributed by atoms with Gasteiger partial charge >= 0.3 is 0 Å². The van der Waals surface area contributed by atoms with Gasteiger partial charge in [-0.2, -0.15) is 5.10 Å². The molecule has 0 aliphatic rings. The standard InChI is InChI=1S/C19H19N3O3/c1-2-25-15-9-7-14(8-10-15)21-19(24)11-12-22-17-6-4-3-5-16(17)18(23)13-20-22/h3-10,13H,2,11-12H2,1H3,(H,21,24). The van der Waals surface area contributed by atoms with Gasteiger partial charge in [0.05, 0.1) is 24.9 Å². The van der Waals surface area contributed by atoms with Crippen LogP contribution < -0.4 is 15.5 Å². The third-order valence-corrected chi connectivity index (χ3v) is 3.76.